The molecule has 0 aliphatic rings. The van der Waals surface area contributed by atoms with Crippen molar-refractivity contribution in [1.29, 1.82) is 0 Å². The van der Waals surface area contributed by atoms with Gasteiger partial charge in [-0.15, -0.1) is 0 Å². The molecule has 0 bridgehead atoms. The zero-order valence-corrected chi connectivity index (χ0v) is 19.8. The summed E-state index contributed by atoms with van der Waals surface area (Å²) in [5.41, 5.74) is 12.0. The molecule has 5 unspecified atom stereocenters. The van der Waals surface area contributed by atoms with E-state index in [1.807, 2.05) is 0 Å². The van der Waals surface area contributed by atoms with E-state index in [2.05, 4.69) is 25.9 Å². The fraction of sp³-hybridized carbons (Fsp3) is 0.667. The molecule has 3 amide bonds. The molecule has 0 spiro atoms. The summed E-state index contributed by atoms with van der Waals surface area (Å²) in [7, 11) is 0. The molecule has 5 atom stereocenters. The first kappa shape index (κ1) is 29.0. The van der Waals surface area contributed by atoms with Crippen molar-refractivity contribution < 1.29 is 29.4 Å². The number of carbonyl (C=O) groups excluding carboxylic acids is 3. The van der Waals surface area contributed by atoms with Crippen LogP contribution < -0.4 is 27.4 Å². The Bertz CT molecular complexity index is 800. The number of carbonyl (C=O) groups is 4. The van der Waals surface area contributed by atoms with Crippen LogP contribution in [-0.4, -0.2) is 80.7 Å². The predicted octanol–water partition coefficient (Wildman–Crippen LogP) is -2.02. The first-order valence-corrected chi connectivity index (χ1v) is 11.2. The Morgan fingerprint density at radius 1 is 1.03 bits per heavy atom. The Balaban J connectivity index is 2.83. The summed E-state index contributed by atoms with van der Waals surface area (Å²) in [5.74, 6) is -3.75. The topological polar surface area (TPSA) is 226 Å². The lowest BCUT2D eigenvalue weighted by atomic mass is 10.0. The maximum atomic E-state index is 12.9. The van der Waals surface area contributed by atoms with E-state index >= 15 is 0 Å². The van der Waals surface area contributed by atoms with Gasteiger partial charge in [-0.2, -0.15) is 0 Å². The number of carboxylic acids is 1. The molecule has 13 heteroatoms. The first-order chi connectivity index (χ1) is 16.0. The molecule has 34 heavy (non-hydrogen) atoms. The summed E-state index contributed by atoms with van der Waals surface area (Å²) in [4.78, 5) is 56.3. The number of unbranched alkanes of at least 4 members (excludes halogenated alkanes) is 1. The second kappa shape index (κ2) is 14.3. The highest BCUT2D eigenvalue weighted by atomic mass is 16.4. The number of hydrogen-bond acceptors (Lipinski definition) is 8. The molecular weight excluding hydrogens is 446 g/mol. The predicted molar refractivity (Wildman–Crippen MR) is 123 cm³/mol. The van der Waals surface area contributed by atoms with Crippen molar-refractivity contribution in [3.8, 4) is 0 Å². The van der Waals surface area contributed by atoms with Gasteiger partial charge in [0.1, 0.15) is 18.1 Å². The number of aromatic nitrogens is 2. The number of aliphatic hydroxyl groups excluding tert-OH is 1. The van der Waals surface area contributed by atoms with Gasteiger partial charge in [-0.3, -0.25) is 14.4 Å². The van der Waals surface area contributed by atoms with Crippen LogP contribution in [0.5, 0.6) is 0 Å². The Labute approximate surface area is 198 Å². The molecular formula is C21H37N7O6. The zero-order valence-electron chi connectivity index (χ0n) is 19.8. The fourth-order valence-corrected chi connectivity index (χ4v) is 3.18. The molecule has 0 aliphatic carbocycles. The van der Waals surface area contributed by atoms with Gasteiger partial charge in [0.05, 0.1) is 18.5 Å². The molecule has 192 valence electrons. The highest BCUT2D eigenvalue weighted by molar-refractivity contribution is 5.94. The van der Waals surface area contributed by atoms with Gasteiger partial charge in [0.2, 0.25) is 17.7 Å². The molecule has 1 aromatic rings. The SMILES string of the molecule is CC(C)C(NC(=O)C(N)Cc1cnc[nH]1)C(=O)NC(C(=O)NC(CCCCN)C(=O)O)C(C)O. The van der Waals surface area contributed by atoms with Crippen molar-refractivity contribution in [3.63, 3.8) is 0 Å². The number of nitrogens with one attached hydrogen (secondary N) is 4. The molecule has 10 N–H and O–H groups in total. The van der Waals surface area contributed by atoms with Crippen molar-refractivity contribution in [3.05, 3.63) is 18.2 Å². The summed E-state index contributed by atoms with van der Waals surface area (Å²) in [6, 6.07) is -4.62. The van der Waals surface area contributed by atoms with E-state index in [0.29, 0.717) is 25.1 Å². The second-order valence-electron chi connectivity index (χ2n) is 8.53. The third-order valence-corrected chi connectivity index (χ3v) is 5.20. The monoisotopic (exact) mass is 483 g/mol. The van der Waals surface area contributed by atoms with Crippen LogP contribution in [0.4, 0.5) is 0 Å². The molecule has 0 aliphatic heterocycles. The fourth-order valence-electron chi connectivity index (χ4n) is 3.18. The lowest BCUT2D eigenvalue weighted by molar-refractivity contribution is -0.143. The smallest absolute Gasteiger partial charge is 0.326 e. The minimum Gasteiger partial charge on any atom is -0.480 e. The summed E-state index contributed by atoms with van der Waals surface area (Å²) >= 11 is 0. The molecule has 0 saturated heterocycles. The first-order valence-electron chi connectivity index (χ1n) is 11.2. The number of nitrogens with two attached hydrogens (primary N) is 2. The van der Waals surface area contributed by atoms with E-state index in [4.69, 9.17) is 11.5 Å². The van der Waals surface area contributed by atoms with Gasteiger partial charge in [0, 0.05) is 18.3 Å². The Hall–Kier alpha value is -3.03. The van der Waals surface area contributed by atoms with Crippen LogP contribution in [0.25, 0.3) is 0 Å². The lowest BCUT2D eigenvalue weighted by Crippen LogP contribution is -2.60. The van der Waals surface area contributed by atoms with E-state index in [-0.39, 0.29) is 18.8 Å². The Morgan fingerprint density at radius 3 is 2.15 bits per heavy atom. The van der Waals surface area contributed by atoms with Crippen molar-refractivity contribution in [2.75, 3.05) is 6.54 Å². The van der Waals surface area contributed by atoms with Crippen molar-refractivity contribution in [2.45, 2.75) is 76.7 Å². The average molecular weight is 484 g/mol. The number of amides is 3. The number of imidazole rings is 1. The number of carboxylic acid groups (broad SMARTS) is 1. The van der Waals surface area contributed by atoms with Gasteiger partial charge in [-0.05, 0) is 38.6 Å². The summed E-state index contributed by atoms with van der Waals surface area (Å²) in [6.45, 7) is 5.07. The molecule has 1 aromatic heterocycles. The van der Waals surface area contributed by atoms with E-state index in [0.717, 1.165) is 0 Å². The van der Waals surface area contributed by atoms with Crippen LogP contribution in [0.3, 0.4) is 0 Å². The largest absolute Gasteiger partial charge is 0.480 e. The molecule has 0 radical (unpaired) electrons. The number of aromatic amines is 1. The minimum atomic E-state index is -1.43. The molecule has 0 saturated carbocycles. The quantitative estimate of drug-likeness (QED) is 0.129. The van der Waals surface area contributed by atoms with Gasteiger partial charge in [-0.25, -0.2) is 9.78 Å². The summed E-state index contributed by atoms with van der Waals surface area (Å²) in [6.07, 6.45) is 3.07. The van der Waals surface area contributed by atoms with Crippen LogP contribution in [0.15, 0.2) is 12.5 Å². The van der Waals surface area contributed by atoms with Gasteiger partial charge < -0.3 is 42.6 Å². The zero-order chi connectivity index (χ0) is 25.8. The molecule has 13 nitrogen and oxygen atoms in total. The maximum Gasteiger partial charge on any atom is 0.326 e. The summed E-state index contributed by atoms with van der Waals surface area (Å²) < 4.78 is 0. The number of aliphatic hydroxyl groups is 1. The van der Waals surface area contributed by atoms with E-state index in [9.17, 15) is 29.4 Å². The second-order valence-corrected chi connectivity index (χ2v) is 8.53. The van der Waals surface area contributed by atoms with Crippen LogP contribution in [0.1, 0.15) is 45.7 Å². The molecule has 1 rings (SSSR count). The van der Waals surface area contributed by atoms with E-state index in [1.54, 1.807) is 13.8 Å². The molecule has 0 aromatic carbocycles. The Morgan fingerprint density at radius 2 is 1.65 bits per heavy atom. The van der Waals surface area contributed by atoms with Crippen molar-refractivity contribution in [1.82, 2.24) is 25.9 Å². The standard InChI is InChI=1S/C21H37N7O6/c1-11(2)16(27-18(30)14(23)8-13-9-24-10-25-13)19(31)28-17(12(3)29)20(32)26-15(21(33)34)6-4-5-7-22/h9-12,14-17,29H,4-8,22-23H2,1-3H3,(H,24,25)(H,26,32)(H,27,30)(H,28,31)(H,33,34). The number of aliphatic carboxylic acids is 1. The van der Waals surface area contributed by atoms with Crippen molar-refractivity contribution in [2.24, 2.45) is 17.4 Å². The normalized spacial score (nSPS) is 15.6. The van der Waals surface area contributed by atoms with Gasteiger partial charge in [0.25, 0.3) is 0 Å². The van der Waals surface area contributed by atoms with E-state index in [1.165, 1.54) is 19.4 Å². The van der Waals surface area contributed by atoms with Crippen LogP contribution in [0.2, 0.25) is 0 Å². The molecule has 0 fully saturated rings. The van der Waals surface area contributed by atoms with Gasteiger partial charge in [0.15, 0.2) is 0 Å². The van der Waals surface area contributed by atoms with Gasteiger partial charge >= 0.3 is 5.97 Å². The maximum absolute atomic E-state index is 12.9. The number of rotatable bonds is 15. The van der Waals surface area contributed by atoms with E-state index < -0.39 is 54.0 Å². The molecule has 1 heterocycles. The highest BCUT2D eigenvalue weighted by Crippen LogP contribution is 2.07. The third kappa shape index (κ3) is 9.45. The van der Waals surface area contributed by atoms with Gasteiger partial charge in [-0.1, -0.05) is 13.8 Å². The average Bonchev–Trinajstić information content (AvgIpc) is 3.27. The van der Waals surface area contributed by atoms with Crippen LogP contribution in [0, 0.1) is 5.92 Å². The summed E-state index contributed by atoms with van der Waals surface area (Å²) in [5, 5.41) is 26.8. The minimum absolute atomic E-state index is 0.150. The Kier molecular flexibility index (Phi) is 12.2. The third-order valence-electron chi connectivity index (χ3n) is 5.20. The lowest BCUT2D eigenvalue weighted by Gasteiger charge is -2.28. The van der Waals surface area contributed by atoms with Crippen molar-refractivity contribution >= 4 is 23.7 Å². The number of H-pyrrole nitrogens is 1. The van der Waals surface area contributed by atoms with Crippen LogP contribution >= 0.6 is 0 Å². The number of nitrogens with zero attached hydrogens (tertiary/aromatic N) is 1. The van der Waals surface area contributed by atoms with Crippen LogP contribution in [-0.2, 0) is 25.6 Å². The highest BCUT2D eigenvalue weighted by Gasteiger charge is 2.33. The number of hydrogen-bond donors (Lipinski definition) is 8.